The number of nitrogen functional groups attached to an aromatic ring is 1. The van der Waals surface area contributed by atoms with Gasteiger partial charge in [0.25, 0.3) is 0 Å². The van der Waals surface area contributed by atoms with Gasteiger partial charge in [-0.1, -0.05) is 30.3 Å². The Morgan fingerprint density at radius 2 is 1.82 bits per heavy atom. The highest BCUT2D eigenvalue weighted by Gasteiger charge is 2.11. The number of halogens is 1. The first-order valence-corrected chi connectivity index (χ1v) is 5.51. The van der Waals surface area contributed by atoms with E-state index in [9.17, 15) is 4.39 Å². The zero-order valence-corrected chi connectivity index (χ0v) is 9.70. The first-order chi connectivity index (χ1) is 8.22. The summed E-state index contributed by atoms with van der Waals surface area (Å²) >= 11 is 0. The number of benzene rings is 2. The number of hydrogen-bond donors (Lipinski definition) is 2. The maximum atomic E-state index is 14.1. The monoisotopic (exact) mass is 230 g/mol. The molecule has 0 aliphatic carbocycles. The third kappa shape index (κ3) is 2.38. The van der Waals surface area contributed by atoms with Crippen molar-refractivity contribution in [1.82, 2.24) is 0 Å². The van der Waals surface area contributed by atoms with Gasteiger partial charge in [0.2, 0.25) is 0 Å². The fraction of sp³-hybridized carbons (Fsp3) is 0.143. The van der Waals surface area contributed by atoms with E-state index >= 15 is 0 Å². The van der Waals surface area contributed by atoms with Crippen LogP contribution in [-0.4, -0.2) is 7.05 Å². The predicted molar refractivity (Wildman–Crippen MR) is 69.6 cm³/mol. The molecule has 0 fully saturated rings. The second-order valence-corrected chi connectivity index (χ2v) is 3.91. The van der Waals surface area contributed by atoms with Crippen molar-refractivity contribution in [2.24, 2.45) is 0 Å². The molecule has 2 nitrogen and oxygen atoms in total. The molecule has 0 aromatic heterocycles. The first-order valence-electron chi connectivity index (χ1n) is 5.51. The van der Waals surface area contributed by atoms with E-state index in [1.54, 1.807) is 19.2 Å². The van der Waals surface area contributed by atoms with Crippen LogP contribution in [0.5, 0.6) is 0 Å². The summed E-state index contributed by atoms with van der Waals surface area (Å²) in [7, 11) is 1.70. The lowest BCUT2D eigenvalue weighted by Gasteiger charge is -2.11. The van der Waals surface area contributed by atoms with Crippen LogP contribution in [0.4, 0.5) is 15.8 Å². The van der Waals surface area contributed by atoms with Crippen LogP contribution in [0.15, 0.2) is 42.5 Å². The molecule has 0 radical (unpaired) electrons. The molecule has 0 saturated carbocycles. The average Bonchev–Trinajstić information content (AvgIpc) is 2.36. The van der Waals surface area contributed by atoms with Gasteiger partial charge >= 0.3 is 0 Å². The van der Waals surface area contributed by atoms with Crippen LogP contribution >= 0.6 is 0 Å². The van der Waals surface area contributed by atoms with Gasteiger partial charge in [-0.05, 0) is 17.7 Å². The van der Waals surface area contributed by atoms with Crippen LogP contribution in [-0.2, 0) is 6.42 Å². The summed E-state index contributed by atoms with van der Waals surface area (Å²) < 4.78 is 14.1. The fourth-order valence-corrected chi connectivity index (χ4v) is 1.81. The van der Waals surface area contributed by atoms with E-state index in [0.29, 0.717) is 23.4 Å². The SMILES string of the molecule is CNc1ccc(N)c(Cc2ccccc2)c1F. The Labute approximate surface area is 100 Å². The van der Waals surface area contributed by atoms with Crippen LogP contribution in [0, 0.1) is 5.82 Å². The summed E-state index contributed by atoms with van der Waals surface area (Å²) in [5.41, 5.74) is 8.39. The summed E-state index contributed by atoms with van der Waals surface area (Å²) in [6, 6.07) is 13.1. The smallest absolute Gasteiger partial charge is 0.151 e. The van der Waals surface area contributed by atoms with Crippen LogP contribution < -0.4 is 11.1 Å². The van der Waals surface area contributed by atoms with E-state index in [1.165, 1.54) is 0 Å². The van der Waals surface area contributed by atoms with Crippen molar-refractivity contribution in [2.45, 2.75) is 6.42 Å². The normalized spacial score (nSPS) is 10.2. The largest absolute Gasteiger partial charge is 0.398 e. The molecule has 0 atom stereocenters. The van der Waals surface area contributed by atoms with Gasteiger partial charge in [-0.3, -0.25) is 0 Å². The topological polar surface area (TPSA) is 38.0 Å². The number of hydrogen-bond acceptors (Lipinski definition) is 2. The molecular formula is C14H15FN2. The molecule has 0 bridgehead atoms. The van der Waals surface area contributed by atoms with E-state index < -0.39 is 0 Å². The lowest BCUT2D eigenvalue weighted by atomic mass is 10.0. The van der Waals surface area contributed by atoms with Gasteiger partial charge in [0, 0.05) is 24.7 Å². The number of anilines is 2. The highest BCUT2D eigenvalue weighted by atomic mass is 19.1. The lowest BCUT2D eigenvalue weighted by molar-refractivity contribution is 0.618. The van der Waals surface area contributed by atoms with Gasteiger partial charge in [-0.15, -0.1) is 0 Å². The standard InChI is InChI=1S/C14H15FN2/c1-17-13-8-7-12(16)11(14(13)15)9-10-5-3-2-4-6-10/h2-8,17H,9,16H2,1H3. The van der Waals surface area contributed by atoms with Gasteiger partial charge in [-0.25, -0.2) is 4.39 Å². The zero-order valence-electron chi connectivity index (χ0n) is 9.70. The molecule has 88 valence electrons. The van der Waals surface area contributed by atoms with Gasteiger partial charge in [0.15, 0.2) is 5.82 Å². The Balaban J connectivity index is 2.38. The van der Waals surface area contributed by atoms with Crippen molar-refractivity contribution in [2.75, 3.05) is 18.1 Å². The van der Waals surface area contributed by atoms with E-state index in [0.717, 1.165) is 5.56 Å². The lowest BCUT2D eigenvalue weighted by Crippen LogP contribution is -2.03. The molecule has 0 unspecified atom stereocenters. The third-order valence-corrected chi connectivity index (χ3v) is 2.77. The summed E-state index contributed by atoms with van der Waals surface area (Å²) in [5, 5.41) is 2.82. The molecule has 2 aromatic rings. The van der Waals surface area contributed by atoms with Crippen molar-refractivity contribution in [1.29, 1.82) is 0 Å². The second-order valence-electron chi connectivity index (χ2n) is 3.91. The van der Waals surface area contributed by atoms with Crippen LogP contribution in [0.2, 0.25) is 0 Å². The van der Waals surface area contributed by atoms with Crippen molar-refractivity contribution >= 4 is 11.4 Å². The number of nitrogens with two attached hydrogens (primary N) is 1. The summed E-state index contributed by atoms with van der Waals surface area (Å²) in [5.74, 6) is -0.267. The molecule has 0 aliphatic heterocycles. The molecule has 2 aromatic carbocycles. The van der Waals surface area contributed by atoms with Gasteiger partial charge in [-0.2, -0.15) is 0 Å². The van der Waals surface area contributed by atoms with E-state index in [4.69, 9.17) is 5.73 Å². The number of rotatable bonds is 3. The second kappa shape index (κ2) is 4.87. The molecule has 2 rings (SSSR count). The number of nitrogens with one attached hydrogen (secondary N) is 1. The maximum absolute atomic E-state index is 14.1. The summed E-state index contributed by atoms with van der Waals surface area (Å²) in [6.07, 6.45) is 0.508. The Kier molecular flexibility index (Phi) is 3.28. The fourth-order valence-electron chi connectivity index (χ4n) is 1.81. The molecule has 17 heavy (non-hydrogen) atoms. The molecule has 0 aliphatic rings. The van der Waals surface area contributed by atoms with Crippen molar-refractivity contribution in [3.05, 3.63) is 59.4 Å². The summed E-state index contributed by atoms with van der Waals surface area (Å²) in [6.45, 7) is 0. The van der Waals surface area contributed by atoms with E-state index in [-0.39, 0.29) is 5.82 Å². The third-order valence-electron chi connectivity index (χ3n) is 2.77. The Morgan fingerprint density at radius 1 is 1.12 bits per heavy atom. The molecule has 0 amide bonds. The highest BCUT2D eigenvalue weighted by molar-refractivity contribution is 5.59. The molecule has 0 saturated heterocycles. The van der Waals surface area contributed by atoms with Crippen LogP contribution in [0.25, 0.3) is 0 Å². The van der Waals surface area contributed by atoms with Gasteiger partial charge in [0.1, 0.15) is 0 Å². The average molecular weight is 230 g/mol. The van der Waals surface area contributed by atoms with Crippen LogP contribution in [0.1, 0.15) is 11.1 Å². The molecule has 3 N–H and O–H groups in total. The van der Waals surface area contributed by atoms with Crippen molar-refractivity contribution in [3.63, 3.8) is 0 Å². The minimum absolute atomic E-state index is 0.267. The van der Waals surface area contributed by atoms with Gasteiger partial charge < -0.3 is 11.1 Å². The van der Waals surface area contributed by atoms with Crippen LogP contribution in [0.3, 0.4) is 0 Å². The molecule has 0 spiro atoms. The molecular weight excluding hydrogens is 215 g/mol. The van der Waals surface area contributed by atoms with Crippen molar-refractivity contribution < 1.29 is 4.39 Å². The minimum atomic E-state index is -0.267. The predicted octanol–water partition coefficient (Wildman–Crippen LogP) is 3.04. The summed E-state index contributed by atoms with van der Waals surface area (Å²) in [4.78, 5) is 0. The zero-order chi connectivity index (χ0) is 12.3. The Hall–Kier alpha value is -2.03. The maximum Gasteiger partial charge on any atom is 0.151 e. The highest BCUT2D eigenvalue weighted by Crippen LogP contribution is 2.25. The Morgan fingerprint density at radius 3 is 2.47 bits per heavy atom. The Bertz CT molecular complexity index is 509. The van der Waals surface area contributed by atoms with Crippen molar-refractivity contribution in [3.8, 4) is 0 Å². The van der Waals surface area contributed by atoms with Gasteiger partial charge in [0.05, 0.1) is 5.69 Å². The molecule has 0 heterocycles. The minimum Gasteiger partial charge on any atom is -0.398 e. The van der Waals surface area contributed by atoms with E-state index in [1.807, 2.05) is 30.3 Å². The quantitative estimate of drug-likeness (QED) is 0.795. The van der Waals surface area contributed by atoms with E-state index in [2.05, 4.69) is 5.32 Å². The first kappa shape index (κ1) is 11.5. The molecule has 3 heteroatoms.